The lowest BCUT2D eigenvalue weighted by molar-refractivity contribution is -0.0788. The first-order valence-corrected chi connectivity index (χ1v) is 10.5. The van der Waals surface area contributed by atoms with Crippen LogP contribution in [0.2, 0.25) is 0 Å². The molecule has 0 N–H and O–H groups in total. The Bertz CT molecular complexity index is 417. The molecule has 2 aliphatic rings. The van der Waals surface area contributed by atoms with Crippen LogP contribution < -0.4 is 0 Å². The van der Waals surface area contributed by atoms with Gasteiger partial charge in [-0.05, 0) is 31.6 Å². The quantitative estimate of drug-likeness (QED) is 0.697. The van der Waals surface area contributed by atoms with Crippen molar-refractivity contribution in [2.45, 2.75) is 58.0 Å². The average molecular weight is 339 g/mol. The molecule has 0 aromatic heterocycles. The molecule has 2 rings (SSSR count). The van der Waals surface area contributed by atoms with Crippen LogP contribution in [0.4, 0.5) is 0 Å². The van der Waals surface area contributed by atoms with Gasteiger partial charge in [0.2, 0.25) is 9.05 Å². The smallest absolute Gasteiger partial charge is 0.233 e. The molecule has 0 radical (unpaired) electrons. The van der Waals surface area contributed by atoms with Gasteiger partial charge >= 0.3 is 0 Å². The van der Waals surface area contributed by atoms with E-state index >= 15 is 0 Å². The van der Waals surface area contributed by atoms with E-state index in [9.17, 15) is 8.42 Å². The van der Waals surface area contributed by atoms with E-state index in [2.05, 4.69) is 6.92 Å². The third-order valence-corrected chi connectivity index (χ3v) is 6.28. The minimum absolute atomic E-state index is 0.00553. The lowest BCUT2D eigenvalue weighted by Gasteiger charge is -2.39. The lowest BCUT2D eigenvalue weighted by atomic mass is 9.82. The number of hydrogen-bond acceptors (Lipinski definition) is 4. The lowest BCUT2D eigenvalue weighted by Crippen LogP contribution is -2.41. The topological polar surface area (TPSA) is 52.6 Å². The van der Waals surface area contributed by atoms with Crippen LogP contribution in [0.1, 0.15) is 51.9 Å². The van der Waals surface area contributed by atoms with Crippen molar-refractivity contribution >= 4 is 19.7 Å². The molecule has 2 unspecified atom stereocenters. The van der Waals surface area contributed by atoms with Crippen LogP contribution in [-0.4, -0.2) is 40.1 Å². The third kappa shape index (κ3) is 5.38. The van der Waals surface area contributed by atoms with E-state index in [0.29, 0.717) is 38.6 Å². The van der Waals surface area contributed by atoms with Crippen molar-refractivity contribution < 1.29 is 17.9 Å². The number of ether oxygens (including phenoxy) is 2. The zero-order valence-corrected chi connectivity index (χ0v) is 14.4. The van der Waals surface area contributed by atoms with E-state index in [4.69, 9.17) is 20.2 Å². The van der Waals surface area contributed by atoms with Gasteiger partial charge in [0, 0.05) is 29.3 Å². The van der Waals surface area contributed by atoms with Crippen molar-refractivity contribution in [3.63, 3.8) is 0 Å². The summed E-state index contributed by atoms with van der Waals surface area (Å²) in [5, 5.41) is 0. The molecule has 4 nitrogen and oxygen atoms in total. The normalized spacial score (nSPS) is 30.2. The van der Waals surface area contributed by atoms with E-state index in [1.54, 1.807) is 0 Å². The van der Waals surface area contributed by atoms with Gasteiger partial charge in [-0.1, -0.05) is 26.2 Å². The number of hydrogen-bond donors (Lipinski definition) is 0. The Labute approximate surface area is 132 Å². The maximum Gasteiger partial charge on any atom is 0.233 e. The summed E-state index contributed by atoms with van der Waals surface area (Å²) in [6.45, 7) is 3.89. The Kier molecular flexibility index (Phi) is 6.36. The second-order valence-corrected chi connectivity index (χ2v) is 9.37. The Hall–Kier alpha value is 0.160. The Morgan fingerprint density at radius 3 is 2.52 bits per heavy atom. The molecule has 0 aromatic rings. The van der Waals surface area contributed by atoms with Gasteiger partial charge in [-0.3, -0.25) is 0 Å². The van der Waals surface area contributed by atoms with Gasteiger partial charge in [0.25, 0.3) is 0 Å². The van der Waals surface area contributed by atoms with Crippen LogP contribution in [-0.2, 0) is 18.5 Å². The molecule has 2 fully saturated rings. The van der Waals surface area contributed by atoms with E-state index in [-0.39, 0.29) is 17.3 Å². The summed E-state index contributed by atoms with van der Waals surface area (Å²) in [6, 6.07) is 0. The molecular formula is C15H27ClO4S. The molecule has 1 saturated carbocycles. The highest BCUT2D eigenvalue weighted by Gasteiger charge is 2.38. The molecule has 0 spiro atoms. The van der Waals surface area contributed by atoms with Crippen LogP contribution in [0.3, 0.4) is 0 Å². The predicted molar refractivity (Wildman–Crippen MR) is 84.1 cm³/mol. The van der Waals surface area contributed by atoms with Crippen molar-refractivity contribution in [3.05, 3.63) is 0 Å². The fourth-order valence-corrected chi connectivity index (χ4v) is 5.44. The van der Waals surface area contributed by atoms with Gasteiger partial charge in [-0.2, -0.15) is 0 Å². The monoisotopic (exact) mass is 338 g/mol. The van der Waals surface area contributed by atoms with Crippen LogP contribution in [0.25, 0.3) is 0 Å². The van der Waals surface area contributed by atoms with Gasteiger partial charge in [0.1, 0.15) is 0 Å². The van der Waals surface area contributed by atoms with Gasteiger partial charge in [0.05, 0.1) is 18.5 Å². The summed E-state index contributed by atoms with van der Waals surface area (Å²) >= 11 is 0. The van der Waals surface area contributed by atoms with Crippen molar-refractivity contribution in [2.75, 3.05) is 25.6 Å². The summed E-state index contributed by atoms with van der Waals surface area (Å²) in [7, 11) is 1.99. The summed E-state index contributed by atoms with van der Waals surface area (Å²) in [5.74, 6) is 0.609. The minimum atomic E-state index is -3.52. The first kappa shape index (κ1) is 17.5. The van der Waals surface area contributed by atoms with Crippen molar-refractivity contribution in [1.29, 1.82) is 0 Å². The van der Waals surface area contributed by atoms with E-state index in [0.717, 1.165) is 12.8 Å². The highest BCUT2D eigenvalue weighted by molar-refractivity contribution is 8.13. The molecule has 124 valence electrons. The highest BCUT2D eigenvalue weighted by atomic mass is 35.7. The standard InChI is InChI=1S/C15H27ClO4S/c1-2-13-5-3-4-6-14(13)20-11-15(12-21(16,17)18)7-9-19-10-8-15/h13-14H,2-12H2,1H3. The van der Waals surface area contributed by atoms with Crippen molar-refractivity contribution in [2.24, 2.45) is 11.3 Å². The van der Waals surface area contributed by atoms with Crippen molar-refractivity contribution in [3.8, 4) is 0 Å². The fourth-order valence-electron chi connectivity index (χ4n) is 3.64. The average Bonchev–Trinajstić information content (AvgIpc) is 2.45. The molecule has 1 saturated heterocycles. The second kappa shape index (κ2) is 7.62. The number of halogens is 1. The fraction of sp³-hybridized carbons (Fsp3) is 1.00. The maximum atomic E-state index is 11.5. The summed E-state index contributed by atoms with van der Waals surface area (Å²) in [6.07, 6.45) is 7.66. The number of rotatable bonds is 6. The molecule has 0 bridgehead atoms. The SMILES string of the molecule is CCC1CCCCC1OCC1(CS(=O)(=O)Cl)CCOCC1. The van der Waals surface area contributed by atoms with E-state index in [1.165, 1.54) is 19.3 Å². The molecule has 2 atom stereocenters. The zero-order valence-electron chi connectivity index (χ0n) is 12.9. The van der Waals surface area contributed by atoms with E-state index < -0.39 is 9.05 Å². The molecule has 1 aliphatic heterocycles. The molecule has 0 amide bonds. The first-order chi connectivity index (χ1) is 9.94. The Morgan fingerprint density at radius 2 is 1.90 bits per heavy atom. The second-order valence-electron chi connectivity index (χ2n) is 6.60. The third-order valence-electron chi connectivity index (χ3n) is 5.00. The molecular weight excluding hydrogens is 312 g/mol. The van der Waals surface area contributed by atoms with Crippen molar-refractivity contribution in [1.82, 2.24) is 0 Å². The Balaban J connectivity index is 1.98. The van der Waals surface area contributed by atoms with Crippen LogP contribution in [0, 0.1) is 11.3 Å². The summed E-state index contributed by atoms with van der Waals surface area (Å²) in [4.78, 5) is 0. The zero-order chi connectivity index (χ0) is 15.3. The van der Waals surface area contributed by atoms with Crippen LogP contribution in [0.5, 0.6) is 0 Å². The van der Waals surface area contributed by atoms with Gasteiger partial charge < -0.3 is 9.47 Å². The summed E-state index contributed by atoms with van der Waals surface area (Å²) in [5.41, 5.74) is -0.366. The summed E-state index contributed by atoms with van der Waals surface area (Å²) < 4.78 is 34.7. The van der Waals surface area contributed by atoms with Crippen LogP contribution in [0.15, 0.2) is 0 Å². The molecule has 0 aromatic carbocycles. The Morgan fingerprint density at radius 1 is 1.24 bits per heavy atom. The molecule has 1 aliphatic carbocycles. The maximum absolute atomic E-state index is 11.5. The van der Waals surface area contributed by atoms with Gasteiger partial charge in [-0.15, -0.1) is 0 Å². The van der Waals surface area contributed by atoms with E-state index in [1.807, 2.05) is 0 Å². The first-order valence-electron chi connectivity index (χ1n) is 8.06. The largest absolute Gasteiger partial charge is 0.381 e. The predicted octanol–water partition coefficient (Wildman–Crippen LogP) is 3.34. The molecule has 1 heterocycles. The minimum Gasteiger partial charge on any atom is -0.381 e. The van der Waals surface area contributed by atoms with Crippen LogP contribution >= 0.6 is 10.7 Å². The molecule has 6 heteroatoms. The highest BCUT2D eigenvalue weighted by Crippen LogP contribution is 2.36. The van der Waals surface area contributed by atoms with Gasteiger partial charge in [0.15, 0.2) is 0 Å². The van der Waals surface area contributed by atoms with Gasteiger partial charge in [-0.25, -0.2) is 8.42 Å². The molecule has 21 heavy (non-hydrogen) atoms.